The number of rotatable bonds is 5. The van der Waals surface area contributed by atoms with Gasteiger partial charge in [-0.25, -0.2) is 0 Å². The number of benzene rings is 1. The summed E-state index contributed by atoms with van der Waals surface area (Å²) in [5.74, 6) is 2.66. The SMILES string of the molecule is COc1ccc(Br)cc1C[S@@](=O)CC1CCOCC1. The first-order valence-corrected chi connectivity index (χ1v) is 8.72. The molecule has 106 valence electrons. The third kappa shape index (κ3) is 4.58. The molecule has 0 N–H and O–H groups in total. The Morgan fingerprint density at radius 1 is 1.42 bits per heavy atom. The van der Waals surface area contributed by atoms with Crippen molar-refractivity contribution in [1.82, 2.24) is 0 Å². The summed E-state index contributed by atoms with van der Waals surface area (Å²) in [6.45, 7) is 1.62. The summed E-state index contributed by atoms with van der Waals surface area (Å²) in [6.07, 6.45) is 2.06. The number of hydrogen-bond donors (Lipinski definition) is 0. The lowest BCUT2D eigenvalue weighted by Gasteiger charge is -2.21. The normalized spacial score (nSPS) is 18.2. The van der Waals surface area contributed by atoms with Crippen molar-refractivity contribution in [3.63, 3.8) is 0 Å². The van der Waals surface area contributed by atoms with Crippen LogP contribution in [0.4, 0.5) is 0 Å². The van der Waals surface area contributed by atoms with Crippen molar-refractivity contribution in [3.8, 4) is 5.75 Å². The van der Waals surface area contributed by atoms with Crippen LogP contribution in [0.5, 0.6) is 5.75 Å². The number of ether oxygens (including phenoxy) is 2. The molecule has 1 aromatic carbocycles. The highest BCUT2D eigenvalue weighted by Crippen LogP contribution is 2.25. The van der Waals surface area contributed by atoms with Crippen LogP contribution in [0.2, 0.25) is 0 Å². The monoisotopic (exact) mass is 346 g/mol. The Bertz CT molecular complexity index is 444. The molecule has 0 saturated carbocycles. The van der Waals surface area contributed by atoms with Crippen LogP contribution in [-0.2, 0) is 21.3 Å². The Morgan fingerprint density at radius 2 is 2.16 bits per heavy atom. The van der Waals surface area contributed by atoms with Crippen LogP contribution in [-0.4, -0.2) is 30.3 Å². The molecule has 0 unspecified atom stereocenters. The van der Waals surface area contributed by atoms with E-state index in [1.54, 1.807) is 7.11 Å². The number of halogens is 1. The van der Waals surface area contributed by atoms with Crippen LogP contribution in [0.3, 0.4) is 0 Å². The summed E-state index contributed by atoms with van der Waals surface area (Å²) in [4.78, 5) is 0. The molecule has 0 bridgehead atoms. The average Bonchev–Trinajstić information content (AvgIpc) is 2.40. The Morgan fingerprint density at radius 3 is 2.84 bits per heavy atom. The molecule has 1 aliphatic heterocycles. The molecular formula is C14H19BrO3S. The minimum absolute atomic E-state index is 0.535. The molecule has 0 aliphatic carbocycles. The molecular weight excluding hydrogens is 328 g/mol. The molecule has 0 spiro atoms. The van der Waals surface area contributed by atoms with Crippen molar-refractivity contribution in [2.45, 2.75) is 18.6 Å². The van der Waals surface area contributed by atoms with Gasteiger partial charge in [0, 0.05) is 39.8 Å². The topological polar surface area (TPSA) is 35.5 Å². The maximum absolute atomic E-state index is 12.3. The molecule has 0 radical (unpaired) electrons. The van der Waals surface area contributed by atoms with Crippen LogP contribution in [0.25, 0.3) is 0 Å². The van der Waals surface area contributed by atoms with Gasteiger partial charge in [-0.3, -0.25) is 4.21 Å². The second kappa shape index (κ2) is 7.41. The highest BCUT2D eigenvalue weighted by molar-refractivity contribution is 9.10. The summed E-state index contributed by atoms with van der Waals surface area (Å²) in [6, 6.07) is 5.83. The summed E-state index contributed by atoms with van der Waals surface area (Å²) < 4.78 is 23.9. The fraction of sp³-hybridized carbons (Fsp3) is 0.571. The molecule has 1 heterocycles. The van der Waals surface area contributed by atoms with Gasteiger partial charge in [0.15, 0.2) is 0 Å². The maximum atomic E-state index is 12.3. The Hall–Kier alpha value is -0.390. The first-order chi connectivity index (χ1) is 9.19. The predicted molar refractivity (Wildman–Crippen MR) is 81.0 cm³/mol. The van der Waals surface area contributed by atoms with E-state index < -0.39 is 10.8 Å². The van der Waals surface area contributed by atoms with E-state index in [-0.39, 0.29) is 0 Å². The van der Waals surface area contributed by atoms with E-state index in [0.717, 1.165) is 47.6 Å². The van der Waals surface area contributed by atoms with Crippen molar-refractivity contribution in [3.05, 3.63) is 28.2 Å². The van der Waals surface area contributed by atoms with Crippen molar-refractivity contribution in [2.75, 3.05) is 26.1 Å². The summed E-state index contributed by atoms with van der Waals surface area (Å²) in [5, 5.41) is 0. The van der Waals surface area contributed by atoms with Crippen LogP contribution in [0.1, 0.15) is 18.4 Å². The minimum Gasteiger partial charge on any atom is -0.496 e. The van der Waals surface area contributed by atoms with E-state index in [9.17, 15) is 4.21 Å². The average molecular weight is 347 g/mol. The quantitative estimate of drug-likeness (QED) is 0.821. The van der Waals surface area contributed by atoms with Crippen molar-refractivity contribution in [2.24, 2.45) is 5.92 Å². The van der Waals surface area contributed by atoms with Crippen LogP contribution in [0, 0.1) is 5.92 Å². The molecule has 1 atom stereocenters. The lowest BCUT2D eigenvalue weighted by atomic mass is 10.0. The summed E-state index contributed by atoms with van der Waals surface area (Å²) >= 11 is 3.44. The molecule has 0 aromatic heterocycles. The zero-order valence-electron chi connectivity index (χ0n) is 11.1. The van der Waals surface area contributed by atoms with E-state index >= 15 is 0 Å². The molecule has 0 amide bonds. The van der Waals surface area contributed by atoms with Crippen LogP contribution in [0.15, 0.2) is 22.7 Å². The van der Waals surface area contributed by atoms with Gasteiger partial charge in [-0.2, -0.15) is 0 Å². The fourth-order valence-corrected chi connectivity index (χ4v) is 4.23. The first-order valence-electron chi connectivity index (χ1n) is 6.44. The lowest BCUT2D eigenvalue weighted by molar-refractivity contribution is 0.0725. The van der Waals surface area contributed by atoms with Gasteiger partial charge >= 0.3 is 0 Å². The second-order valence-corrected chi connectivity index (χ2v) is 7.18. The van der Waals surface area contributed by atoms with Crippen LogP contribution >= 0.6 is 15.9 Å². The van der Waals surface area contributed by atoms with Gasteiger partial charge < -0.3 is 9.47 Å². The number of methoxy groups -OCH3 is 1. The van der Waals surface area contributed by atoms with Gasteiger partial charge in [-0.1, -0.05) is 15.9 Å². The molecule has 1 aliphatic rings. The fourth-order valence-electron chi connectivity index (χ4n) is 2.27. The molecule has 1 aromatic rings. The molecule has 5 heteroatoms. The zero-order chi connectivity index (χ0) is 13.7. The summed E-state index contributed by atoms with van der Waals surface area (Å²) in [5.41, 5.74) is 1.00. The smallest absolute Gasteiger partial charge is 0.123 e. The first kappa shape index (κ1) is 15.0. The van der Waals surface area contributed by atoms with Gasteiger partial charge in [0.2, 0.25) is 0 Å². The van der Waals surface area contributed by atoms with E-state index in [0.29, 0.717) is 11.7 Å². The van der Waals surface area contributed by atoms with Crippen molar-refractivity contribution >= 4 is 26.7 Å². The molecule has 1 fully saturated rings. The van der Waals surface area contributed by atoms with Gasteiger partial charge in [0.25, 0.3) is 0 Å². The van der Waals surface area contributed by atoms with Crippen molar-refractivity contribution in [1.29, 1.82) is 0 Å². The summed E-state index contributed by atoms with van der Waals surface area (Å²) in [7, 11) is 0.802. The Kier molecular flexibility index (Phi) is 5.85. The predicted octanol–water partition coefficient (Wildman–Crippen LogP) is 3.13. The van der Waals surface area contributed by atoms with E-state index in [1.165, 1.54) is 0 Å². The van der Waals surface area contributed by atoms with Gasteiger partial charge in [-0.05, 0) is 37.0 Å². The molecule has 1 saturated heterocycles. The third-order valence-electron chi connectivity index (χ3n) is 3.32. The highest BCUT2D eigenvalue weighted by atomic mass is 79.9. The standard InChI is InChI=1S/C14H19BrO3S/c1-17-14-3-2-13(15)8-12(14)10-19(16)9-11-4-6-18-7-5-11/h2-3,8,11H,4-7,9-10H2,1H3/t19-/m0/s1. The highest BCUT2D eigenvalue weighted by Gasteiger charge is 2.17. The second-order valence-electron chi connectivity index (χ2n) is 4.76. The maximum Gasteiger partial charge on any atom is 0.123 e. The zero-order valence-corrected chi connectivity index (χ0v) is 13.5. The van der Waals surface area contributed by atoms with E-state index in [2.05, 4.69) is 15.9 Å². The van der Waals surface area contributed by atoms with E-state index in [4.69, 9.17) is 9.47 Å². The van der Waals surface area contributed by atoms with Gasteiger partial charge in [0.05, 0.1) is 12.9 Å². The van der Waals surface area contributed by atoms with Gasteiger partial charge in [0.1, 0.15) is 5.75 Å². The largest absolute Gasteiger partial charge is 0.496 e. The molecule has 19 heavy (non-hydrogen) atoms. The molecule has 2 rings (SSSR count). The minimum atomic E-state index is -0.845. The van der Waals surface area contributed by atoms with Crippen LogP contribution < -0.4 is 4.74 Å². The van der Waals surface area contributed by atoms with E-state index in [1.807, 2.05) is 18.2 Å². The number of hydrogen-bond acceptors (Lipinski definition) is 3. The van der Waals surface area contributed by atoms with Crippen molar-refractivity contribution < 1.29 is 13.7 Å². The lowest BCUT2D eigenvalue weighted by Crippen LogP contribution is -2.21. The third-order valence-corrected chi connectivity index (χ3v) is 5.29. The van der Waals surface area contributed by atoms with Gasteiger partial charge in [-0.15, -0.1) is 0 Å². The Labute approximate surface area is 125 Å². The Balaban J connectivity index is 1.95. The molecule has 3 nitrogen and oxygen atoms in total.